The van der Waals surface area contributed by atoms with Gasteiger partial charge in [-0.25, -0.2) is 4.98 Å². The zero-order valence-corrected chi connectivity index (χ0v) is 18.3. The third kappa shape index (κ3) is 4.54. The fraction of sp³-hybridized carbons (Fsp3) is 0.583. The number of piperidine rings is 1. The Morgan fingerprint density at radius 1 is 1.06 bits per heavy atom. The molecule has 2 saturated heterocycles. The molecule has 166 valence electrons. The molecule has 0 unspecified atom stereocenters. The van der Waals surface area contributed by atoms with Gasteiger partial charge < -0.3 is 14.0 Å². The topological polar surface area (TPSA) is 59.8 Å². The highest BCUT2D eigenvalue weighted by Crippen LogP contribution is 2.35. The first-order chi connectivity index (χ1) is 15.2. The molecule has 2 aromatic rings. The summed E-state index contributed by atoms with van der Waals surface area (Å²) in [5, 5.41) is 0. The van der Waals surface area contributed by atoms with E-state index in [-0.39, 0.29) is 5.56 Å². The lowest BCUT2D eigenvalue weighted by atomic mass is 9.83. The van der Waals surface area contributed by atoms with E-state index in [9.17, 15) is 4.79 Å². The number of likely N-dealkylation sites (tertiary alicyclic amines) is 1. The fourth-order valence-electron chi connectivity index (χ4n) is 5.42. The maximum atomic E-state index is 13.3. The summed E-state index contributed by atoms with van der Waals surface area (Å²) in [4.78, 5) is 22.5. The molecule has 7 heteroatoms. The molecule has 3 aliphatic rings. The van der Waals surface area contributed by atoms with Gasteiger partial charge in [0.1, 0.15) is 0 Å². The first-order valence-corrected chi connectivity index (χ1v) is 11.4. The molecule has 0 aromatic carbocycles. The van der Waals surface area contributed by atoms with Gasteiger partial charge in [-0.2, -0.15) is 0 Å². The van der Waals surface area contributed by atoms with E-state index in [1.54, 1.807) is 7.11 Å². The van der Waals surface area contributed by atoms with E-state index in [0.717, 1.165) is 71.0 Å². The maximum absolute atomic E-state index is 13.3. The van der Waals surface area contributed by atoms with Crippen molar-refractivity contribution in [1.29, 1.82) is 0 Å². The van der Waals surface area contributed by atoms with Gasteiger partial charge in [0.05, 0.1) is 13.7 Å². The Bertz CT molecular complexity index is 950. The van der Waals surface area contributed by atoms with Crippen LogP contribution in [0.15, 0.2) is 35.3 Å². The number of hydrogen-bond acceptors (Lipinski definition) is 6. The summed E-state index contributed by atoms with van der Waals surface area (Å²) in [5.41, 5.74) is 3.55. The van der Waals surface area contributed by atoms with Crippen molar-refractivity contribution >= 4 is 0 Å². The normalized spacial score (nSPS) is 24.4. The summed E-state index contributed by atoms with van der Waals surface area (Å²) >= 11 is 0. The van der Waals surface area contributed by atoms with Crippen LogP contribution < -0.4 is 10.3 Å². The molecule has 31 heavy (non-hydrogen) atoms. The Labute approximate surface area is 183 Å². The molecule has 0 aliphatic carbocycles. The minimum Gasteiger partial charge on any atom is -0.481 e. The van der Waals surface area contributed by atoms with E-state index in [0.29, 0.717) is 17.7 Å². The van der Waals surface area contributed by atoms with Crippen molar-refractivity contribution in [3.63, 3.8) is 0 Å². The van der Waals surface area contributed by atoms with E-state index >= 15 is 0 Å². The van der Waals surface area contributed by atoms with Crippen LogP contribution in [0.5, 0.6) is 5.88 Å². The molecule has 2 atom stereocenters. The van der Waals surface area contributed by atoms with Gasteiger partial charge >= 0.3 is 0 Å². The van der Waals surface area contributed by atoms with E-state index in [1.807, 2.05) is 12.3 Å². The first kappa shape index (κ1) is 20.7. The monoisotopic (exact) mass is 424 g/mol. The molecule has 5 rings (SSSR count). The Kier molecular flexibility index (Phi) is 6.07. The molecule has 0 amide bonds. The van der Waals surface area contributed by atoms with Gasteiger partial charge in [0.15, 0.2) is 0 Å². The Morgan fingerprint density at radius 2 is 2.00 bits per heavy atom. The van der Waals surface area contributed by atoms with Crippen molar-refractivity contribution in [3.05, 3.63) is 57.6 Å². The highest BCUT2D eigenvalue weighted by atomic mass is 16.5. The molecule has 0 radical (unpaired) electrons. The minimum atomic E-state index is 0.213. The average molecular weight is 425 g/mol. The zero-order valence-electron chi connectivity index (χ0n) is 18.3. The van der Waals surface area contributed by atoms with Crippen LogP contribution in [0.25, 0.3) is 0 Å². The summed E-state index contributed by atoms with van der Waals surface area (Å²) in [6.45, 7) is 7.97. The zero-order chi connectivity index (χ0) is 21.2. The van der Waals surface area contributed by atoms with E-state index < -0.39 is 0 Å². The van der Waals surface area contributed by atoms with Crippen molar-refractivity contribution in [1.82, 2.24) is 19.4 Å². The second-order valence-corrected chi connectivity index (χ2v) is 9.14. The van der Waals surface area contributed by atoms with Crippen LogP contribution in [0.3, 0.4) is 0 Å². The quantitative estimate of drug-likeness (QED) is 0.733. The summed E-state index contributed by atoms with van der Waals surface area (Å²) in [6.07, 6.45) is 4.12. The molecule has 0 spiro atoms. The number of ether oxygens (including phenoxy) is 2. The van der Waals surface area contributed by atoms with Gasteiger partial charge in [0.25, 0.3) is 5.56 Å². The minimum absolute atomic E-state index is 0.213. The molecular weight excluding hydrogens is 392 g/mol. The first-order valence-electron chi connectivity index (χ1n) is 11.4. The highest BCUT2D eigenvalue weighted by molar-refractivity contribution is 5.23. The van der Waals surface area contributed by atoms with Crippen molar-refractivity contribution in [2.45, 2.75) is 38.4 Å². The largest absolute Gasteiger partial charge is 0.481 e. The maximum Gasteiger partial charge on any atom is 0.255 e. The van der Waals surface area contributed by atoms with Crippen LogP contribution in [0.1, 0.15) is 35.6 Å². The molecule has 7 nitrogen and oxygen atoms in total. The lowest BCUT2D eigenvalue weighted by Gasteiger charge is -2.43. The lowest BCUT2D eigenvalue weighted by molar-refractivity contribution is 0.114. The standard InChI is InChI=1S/C24H32N4O3/c1-30-23-6-3-18(12-25-23)13-27-14-19-11-21(17-27)22-5-4-20(24(29)28(22)15-19)16-26-7-2-9-31-10-8-26/h3-6,12,19,21H,2,7-11,13-17H2,1H3/t19-,21+/m0/s1. The molecule has 5 heterocycles. The molecule has 0 saturated carbocycles. The Hall–Kier alpha value is -2.22. The smallest absolute Gasteiger partial charge is 0.255 e. The number of pyridine rings is 2. The van der Waals surface area contributed by atoms with Crippen LogP contribution >= 0.6 is 0 Å². The van der Waals surface area contributed by atoms with Crippen molar-refractivity contribution < 1.29 is 9.47 Å². The lowest BCUT2D eigenvalue weighted by Crippen LogP contribution is -2.47. The number of aromatic nitrogens is 2. The van der Waals surface area contributed by atoms with Crippen molar-refractivity contribution in [2.24, 2.45) is 5.92 Å². The molecule has 0 N–H and O–H groups in total. The second kappa shape index (κ2) is 9.10. The van der Waals surface area contributed by atoms with Gasteiger partial charge in [0.2, 0.25) is 5.88 Å². The van der Waals surface area contributed by atoms with Gasteiger partial charge in [-0.3, -0.25) is 14.6 Å². The van der Waals surface area contributed by atoms with E-state index in [4.69, 9.17) is 9.47 Å². The number of hydrogen-bond donors (Lipinski definition) is 0. The second-order valence-electron chi connectivity index (χ2n) is 9.14. The van der Waals surface area contributed by atoms with Gasteiger partial charge in [-0.15, -0.1) is 0 Å². The number of nitrogens with zero attached hydrogens (tertiary/aromatic N) is 4. The van der Waals surface area contributed by atoms with Gasteiger partial charge in [0, 0.05) is 81.9 Å². The van der Waals surface area contributed by atoms with Crippen LogP contribution in [0, 0.1) is 5.92 Å². The van der Waals surface area contributed by atoms with Crippen LogP contribution in [0.2, 0.25) is 0 Å². The molecule has 2 fully saturated rings. The summed E-state index contributed by atoms with van der Waals surface area (Å²) in [7, 11) is 1.64. The SMILES string of the molecule is COc1ccc(CN2C[C@@H]3C[C@H](C2)c2ccc(CN4CCCOCC4)c(=O)n2C3)cn1. The van der Waals surface area contributed by atoms with E-state index in [1.165, 1.54) is 17.7 Å². The third-order valence-corrected chi connectivity index (χ3v) is 6.88. The van der Waals surface area contributed by atoms with Gasteiger partial charge in [-0.05, 0) is 30.4 Å². The summed E-state index contributed by atoms with van der Waals surface area (Å²) in [5.74, 6) is 1.60. The summed E-state index contributed by atoms with van der Waals surface area (Å²) < 4.78 is 12.8. The predicted molar refractivity (Wildman–Crippen MR) is 118 cm³/mol. The Morgan fingerprint density at radius 3 is 2.84 bits per heavy atom. The average Bonchev–Trinajstić information content (AvgIpc) is 3.05. The van der Waals surface area contributed by atoms with Crippen LogP contribution in [-0.4, -0.2) is 65.9 Å². The van der Waals surface area contributed by atoms with Crippen LogP contribution in [-0.2, 0) is 24.4 Å². The number of methoxy groups -OCH3 is 1. The predicted octanol–water partition coefficient (Wildman–Crippen LogP) is 2.09. The van der Waals surface area contributed by atoms with Crippen LogP contribution in [0.4, 0.5) is 0 Å². The van der Waals surface area contributed by atoms with E-state index in [2.05, 4.69) is 37.5 Å². The number of rotatable bonds is 5. The highest BCUT2D eigenvalue weighted by Gasteiger charge is 2.35. The Balaban J connectivity index is 1.30. The third-order valence-electron chi connectivity index (χ3n) is 6.88. The molecule has 2 aromatic heterocycles. The fourth-order valence-corrected chi connectivity index (χ4v) is 5.42. The molecule has 2 bridgehead atoms. The van der Waals surface area contributed by atoms with Crippen molar-refractivity contribution in [3.8, 4) is 5.88 Å². The van der Waals surface area contributed by atoms with Gasteiger partial charge in [-0.1, -0.05) is 12.1 Å². The van der Waals surface area contributed by atoms with Crippen molar-refractivity contribution in [2.75, 3.05) is 46.5 Å². The molecule has 3 aliphatic heterocycles. The number of fused-ring (bicyclic) bond motifs is 4. The molecular formula is C24H32N4O3. The summed E-state index contributed by atoms with van der Waals surface area (Å²) in [6, 6.07) is 8.30.